The van der Waals surface area contributed by atoms with Crippen LogP contribution in [0.15, 0.2) is 24.8 Å². The van der Waals surface area contributed by atoms with Crippen LogP contribution in [-0.4, -0.2) is 0 Å². The zero-order chi connectivity index (χ0) is 11.7. The largest absolute Gasteiger partial charge is 0.103 e. The van der Waals surface area contributed by atoms with Gasteiger partial charge in [0.25, 0.3) is 0 Å². The minimum atomic E-state index is 0.695. The van der Waals surface area contributed by atoms with Crippen LogP contribution in [0, 0.1) is 11.8 Å². The molecule has 0 saturated carbocycles. The molecule has 0 aliphatic rings. The van der Waals surface area contributed by atoms with Crippen molar-refractivity contribution in [1.82, 2.24) is 0 Å². The summed E-state index contributed by atoms with van der Waals surface area (Å²) >= 11 is 0. The highest BCUT2D eigenvalue weighted by Crippen LogP contribution is 2.21. The van der Waals surface area contributed by atoms with Gasteiger partial charge in [0.15, 0.2) is 0 Å². The molecule has 0 saturated heterocycles. The van der Waals surface area contributed by atoms with Gasteiger partial charge in [-0.2, -0.15) is 0 Å². The summed E-state index contributed by atoms with van der Waals surface area (Å²) in [6, 6.07) is 0. The van der Waals surface area contributed by atoms with Crippen LogP contribution in [0.4, 0.5) is 0 Å². The van der Waals surface area contributed by atoms with E-state index in [1.54, 1.807) is 0 Å². The van der Waals surface area contributed by atoms with E-state index in [1.807, 2.05) is 0 Å². The van der Waals surface area contributed by atoms with Crippen molar-refractivity contribution in [3.8, 4) is 0 Å². The molecule has 0 N–H and O–H groups in total. The predicted molar refractivity (Wildman–Crippen MR) is 71.0 cm³/mol. The molecule has 0 radical (unpaired) electrons. The van der Waals surface area contributed by atoms with Crippen LogP contribution < -0.4 is 0 Å². The van der Waals surface area contributed by atoms with Gasteiger partial charge in [0, 0.05) is 0 Å². The fraction of sp³-hybridized carbons (Fsp3) is 0.733. The van der Waals surface area contributed by atoms with Crippen molar-refractivity contribution in [1.29, 1.82) is 0 Å². The lowest BCUT2D eigenvalue weighted by Gasteiger charge is -2.14. The van der Waals surface area contributed by atoms with E-state index in [1.165, 1.54) is 44.1 Å². The van der Waals surface area contributed by atoms with E-state index in [-0.39, 0.29) is 0 Å². The van der Waals surface area contributed by atoms with Crippen LogP contribution in [0.25, 0.3) is 0 Å². The zero-order valence-electron chi connectivity index (χ0n) is 10.9. The summed E-state index contributed by atoms with van der Waals surface area (Å²) in [7, 11) is 0. The molecule has 0 aliphatic carbocycles. The molecule has 0 aliphatic heterocycles. The molecule has 0 fully saturated rings. The van der Waals surface area contributed by atoms with E-state index >= 15 is 0 Å². The average Bonchev–Trinajstić information content (AvgIpc) is 2.18. The summed E-state index contributed by atoms with van der Waals surface area (Å²) in [5.74, 6) is 1.51. The third kappa shape index (κ3) is 8.47. The van der Waals surface area contributed by atoms with Gasteiger partial charge in [-0.3, -0.25) is 0 Å². The first-order valence-electron chi connectivity index (χ1n) is 6.39. The van der Waals surface area contributed by atoms with Crippen LogP contribution in [0.2, 0.25) is 0 Å². The average molecular weight is 208 g/mol. The van der Waals surface area contributed by atoms with Gasteiger partial charge in [-0.1, -0.05) is 51.8 Å². The molecule has 1 atom stereocenters. The molecular weight excluding hydrogens is 180 g/mol. The Morgan fingerprint density at radius 3 is 2.27 bits per heavy atom. The molecule has 0 aromatic rings. The lowest BCUT2D eigenvalue weighted by Crippen LogP contribution is -2.00. The first-order chi connectivity index (χ1) is 7.10. The highest BCUT2D eigenvalue weighted by Gasteiger charge is 2.06. The van der Waals surface area contributed by atoms with Crippen LogP contribution >= 0.6 is 0 Å². The molecular formula is C15H28. The van der Waals surface area contributed by atoms with Crippen LogP contribution in [-0.2, 0) is 0 Å². The minimum absolute atomic E-state index is 0.695. The highest BCUT2D eigenvalue weighted by molar-refractivity contribution is 4.95. The first-order valence-corrected chi connectivity index (χ1v) is 6.39. The third-order valence-corrected chi connectivity index (χ3v) is 2.92. The van der Waals surface area contributed by atoms with Gasteiger partial charge >= 0.3 is 0 Å². The Kier molecular flexibility index (Phi) is 8.46. The summed E-state index contributed by atoms with van der Waals surface area (Å²) in [6.07, 6.45) is 9.58. The molecule has 0 amide bonds. The second-order valence-electron chi connectivity index (χ2n) is 5.01. The van der Waals surface area contributed by atoms with E-state index in [0.717, 1.165) is 5.92 Å². The molecule has 15 heavy (non-hydrogen) atoms. The van der Waals surface area contributed by atoms with E-state index in [9.17, 15) is 0 Å². The van der Waals surface area contributed by atoms with Gasteiger partial charge < -0.3 is 0 Å². The molecule has 0 bridgehead atoms. The fourth-order valence-electron chi connectivity index (χ4n) is 1.80. The second kappa shape index (κ2) is 8.76. The minimum Gasteiger partial charge on any atom is -0.103 e. The number of allylic oxidation sites excluding steroid dienone is 2. The van der Waals surface area contributed by atoms with Crippen molar-refractivity contribution in [3.05, 3.63) is 24.8 Å². The lowest BCUT2D eigenvalue weighted by atomic mass is 9.92. The predicted octanol–water partition coefficient (Wildman–Crippen LogP) is 5.36. The Bertz CT molecular complexity index is 176. The Hall–Kier alpha value is -0.520. The monoisotopic (exact) mass is 208 g/mol. The van der Waals surface area contributed by atoms with Crippen LogP contribution in [0.3, 0.4) is 0 Å². The van der Waals surface area contributed by atoms with Gasteiger partial charge in [0.05, 0.1) is 0 Å². The van der Waals surface area contributed by atoms with Gasteiger partial charge in [-0.05, 0) is 37.5 Å². The molecule has 1 unspecified atom stereocenters. The first kappa shape index (κ1) is 14.5. The van der Waals surface area contributed by atoms with Gasteiger partial charge in [0.2, 0.25) is 0 Å². The molecule has 0 rings (SSSR count). The number of hydrogen-bond donors (Lipinski definition) is 0. The summed E-state index contributed by atoms with van der Waals surface area (Å²) in [4.78, 5) is 0. The third-order valence-electron chi connectivity index (χ3n) is 2.92. The maximum Gasteiger partial charge on any atom is -0.0233 e. The summed E-state index contributed by atoms with van der Waals surface area (Å²) in [5, 5.41) is 0. The summed E-state index contributed by atoms with van der Waals surface area (Å²) in [5.41, 5.74) is 1.41. The second-order valence-corrected chi connectivity index (χ2v) is 5.01. The van der Waals surface area contributed by atoms with E-state index in [4.69, 9.17) is 0 Å². The Labute approximate surface area is 96.5 Å². The molecule has 0 heteroatoms. The number of hydrogen-bond acceptors (Lipinski definition) is 0. The van der Waals surface area contributed by atoms with E-state index in [2.05, 4.69) is 40.0 Å². The van der Waals surface area contributed by atoms with Crippen LogP contribution in [0.5, 0.6) is 0 Å². The molecule has 0 nitrogen and oxygen atoms in total. The highest BCUT2D eigenvalue weighted by atomic mass is 14.1. The van der Waals surface area contributed by atoms with Gasteiger partial charge in [-0.15, -0.1) is 6.58 Å². The van der Waals surface area contributed by atoms with Crippen molar-refractivity contribution < 1.29 is 0 Å². The Morgan fingerprint density at radius 2 is 1.80 bits per heavy atom. The van der Waals surface area contributed by atoms with Crippen molar-refractivity contribution in [2.24, 2.45) is 11.8 Å². The summed E-state index contributed by atoms with van der Waals surface area (Å²) in [6.45, 7) is 14.8. The van der Waals surface area contributed by atoms with Crippen molar-refractivity contribution in [2.45, 2.75) is 59.3 Å². The normalized spacial score (nSPS) is 12.8. The Balaban J connectivity index is 3.70. The van der Waals surface area contributed by atoms with E-state index in [0.29, 0.717) is 5.92 Å². The molecule has 0 aromatic carbocycles. The molecule has 88 valence electrons. The number of rotatable bonds is 9. The van der Waals surface area contributed by atoms with Crippen molar-refractivity contribution in [3.63, 3.8) is 0 Å². The molecule has 0 aromatic heterocycles. The maximum atomic E-state index is 4.11. The van der Waals surface area contributed by atoms with Gasteiger partial charge in [0.1, 0.15) is 0 Å². The van der Waals surface area contributed by atoms with E-state index < -0.39 is 0 Å². The van der Waals surface area contributed by atoms with Crippen molar-refractivity contribution in [2.75, 3.05) is 0 Å². The smallest absolute Gasteiger partial charge is 0.0233 e. The lowest BCUT2D eigenvalue weighted by molar-refractivity contribution is 0.459. The van der Waals surface area contributed by atoms with Crippen molar-refractivity contribution >= 4 is 0 Å². The molecule has 0 heterocycles. The standard InChI is InChI=1S/C15H28/c1-6-8-14(5)10-12-15(7-2)11-9-13(3)4/h7,13,15H,2,5-6,8-12H2,1,3-4H3. The zero-order valence-corrected chi connectivity index (χ0v) is 10.9. The summed E-state index contributed by atoms with van der Waals surface area (Å²) < 4.78 is 0. The SMILES string of the molecule is C=CC(CCC(=C)CCC)CCC(C)C. The fourth-order valence-corrected chi connectivity index (χ4v) is 1.80. The topological polar surface area (TPSA) is 0 Å². The van der Waals surface area contributed by atoms with Gasteiger partial charge in [-0.25, -0.2) is 0 Å². The quantitative estimate of drug-likeness (QED) is 0.447. The maximum absolute atomic E-state index is 4.11. The Morgan fingerprint density at radius 1 is 1.13 bits per heavy atom. The van der Waals surface area contributed by atoms with Crippen LogP contribution in [0.1, 0.15) is 59.3 Å². The molecule has 0 spiro atoms.